The molecule has 76 valence electrons. The molecule has 0 bridgehead atoms. The molecule has 0 radical (unpaired) electrons. The van der Waals surface area contributed by atoms with Crippen LogP contribution in [0.5, 0.6) is 0 Å². The Bertz CT molecular complexity index is 134. The standard InChI is InChI=1S/C11H22N2/c1-4-7-9-12-10-8-11-13(5-2)6-3/h1,12H,5-11H2,2-3H3. The largest absolute Gasteiger partial charge is 0.316 e. The van der Waals surface area contributed by atoms with E-state index in [9.17, 15) is 0 Å². The van der Waals surface area contributed by atoms with Crippen molar-refractivity contribution in [1.29, 1.82) is 0 Å². The van der Waals surface area contributed by atoms with Crippen LogP contribution in [0.15, 0.2) is 0 Å². The Labute approximate surface area is 82.7 Å². The smallest absolute Gasteiger partial charge is 0.0211 e. The van der Waals surface area contributed by atoms with Gasteiger partial charge >= 0.3 is 0 Å². The van der Waals surface area contributed by atoms with Crippen molar-refractivity contribution in [3.05, 3.63) is 0 Å². The molecule has 0 aromatic rings. The van der Waals surface area contributed by atoms with Gasteiger partial charge in [0.25, 0.3) is 0 Å². The van der Waals surface area contributed by atoms with E-state index in [2.05, 4.69) is 30.0 Å². The lowest BCUT2D eigenvalue weighted by atomic mass is 10.3. The van der Waals surface area contributed by atoms with Gasteiger partial charge in [0.2, 0.25) is 0 Å². The molecule has 0 saturated heterocycles. The minimum absolute atomic E-state index is 0.839. The Morgan fingerprint density at radius 3 is 2.46 bits per heavy atom. The van der Waals surface area contributed by atoms with E-state index in [0.717, 1.165) is 32.6 Å². The van der Waals surface area contributed by atoms with E-state index in [4.69, 9.17) is 6.42 Å². The van der Waals surface area contributed by atoms with Crippen molar-refractivity contribution in [3.63, 3.8) is 0 Å². The molecule has 1 N–H and O–H groups in total. The van der Waals surface area contributed by atoms with Crippen LogP contribution < -0.4 is 5.32 Å². The third-order valence-electron chi connectivity index (χ3n) is 2.17. The van der Waals surface area contributed by atoms with Crippen LogP contribution in [0.4, 0.5) is 0 Å². The van der Waals surface area contributed by atoms with E-state index in [1.54, 1.807) is 0 Å². The maximum absolute atomic E-state index is 5.14. The van der Waals surface area contributed by atoms with Gasteiger partial charge in [-0.1, -0.05) is 13.8 Å². The van der Waals surface area contributed by atoms with Crippen molar-refractivity contribution < 1.29 is 0 Å². The third-order valence-corrected chi connectivity index (χ3v) is 2.17. The average Bonchev–Trinajstić information content (AvgIpc) is 2.17. The number of rotatable bonds is 8. The maximum Gasteiger partial charge on any atom is 0.0211 e. The predicted molar refractivity (Wildman–Crippen MR) is 58.7 cm³/mol. The van der Waals surface area contributed by atoms with E-state index in [1.165, 1.54) is 13.0 Å². The molecule has 0 heterocycles. The first-order valence-electron chi connectivity index (χ1n) is 5.21. The van der Waals surface area contributed by atoms with Crippen LogP contribution in [-0.2, 0) is 0 Å². The molecule has 0 aromatic carbocycles. The van der Waals surface area contributed by atoms with E-state index < -0.39 is 0 Å². The van der Waals surface area contributed by atoms with Gasteiger partial charge in [-0.25, -0.2) is 0 Å². The van der Waals surface area contributed by atoms with Crippen molar-refractivity contribution >= 4 is 0 Å². The third kappa shape index (κ3) is 7.83. The van der Waals surface area contributed by atoms with Gasteiger partial charge in [0.05, 0.1) is 0 Å². The summed E-state index contributed by atoms with van der Waals surface area (Å²) in [5, 5.41) is 3.32. The molecule has 0 spiro atoms. The maximum atomic E-state index is 5.14. The van der Waals surface area contributed by atoms with Crippen molar-refractivity contribution in [2.75, 3.05) is 32.7 Å². The molecule has 0 saturated carbocycles. The molecule has 0 aliphatic carbocycles. The summed E-state index contributed by atoms with van der Waals surface area (Å²) in [7, 11) is 0. The van der Waals surface area contributed by atoms with E-state index in [0.29, 0.717) is 0 Å². The number of terminal acetylenes is 1. The molecule has 0 fully saturated rings. The van der Waals surface area contributed by atoms with Gasteiger partial charge in [-0.3, -0.25) is 0 Å². The first-order valence-corrected chi connectivity index (χ1v) is 5.21. The summed E-state index contributed by atoms with van der Waals surface area (Å²) in [4.78, 5) is 2.43. The van der Waals surface area contributed by atoms with Crippen LogP contribution in [0, 0.1) is 12.3 Å². The van der Waals surface area contributed by atoms with Crippen LogP contribution in [0.2, 0.25) is 0 Å². The molecule has 2 nitrogen and oxygen atoms in total. The Hall–Kier alpha value is -0.520. The number of hydrogen-bond acceptors (Lipinski definition) is 2. The second kappa shape index (κ2) is 9.57. The van der Waals surface area contributed by atoms with E-state index in [-0.39, 0.29) is 0 Å². The quantitative estimate of drug-likeness (QED) is 0.450. The minimum atomic E-state index is 0.839. The minimum Gasteiger partial charge on any atom is -0.316 e. The Kier molecular flexibility index (Phi) is 9.18. The summed E-state index contributed by atoms with van der Waals surface area (Å²) in [6.45, 7) is 9.94. The second-order valence-corrected chi connectivity index (χ2v) is 3.08. The summed E-state index contributed by atoms with van der Waals surface area (Å²) >= 11 is 0. The van der Waals surface area contributed by atoms with Crippen LogP contribution in [0.1, 0.15) is 26.7 Å². The summed E-state index contributed by atoms with van der Waals surface area (Å²) in [5.74, 6) is 2.62. The van der Waals surface area contributed by atoms with Gasteiger partial charge in [0.15, 0.2) is 0 Å². The topological polar surface area (TPSA) is 15.3 Å². The highest BCUT2D eigenvalue weighted by atomic mass is 15.1. The van der Waals surface area contributed by atoms with Crippen molar-refractivity contribution in [1.82, 2.24) is 10.2 Å². The van der Waals surface area contributed by atoms with Crippen molar-refractivity contribution in [3.8, 4) is 12.3 Å². The van der Waals surface area contributed by atoms with Crippen molar-refractivity contribution in [2.24, 2.45) is 0 Å². The second-order valence-electron chi connectivity index (χ2n) is 3.08. The zero-order chi connectivity index (χ0) is 9.94. The molecule has 0 atom stereocenters. The van der Waals surface area contributed by atoms with E-state index >= 15 is 0 Å². The highest BCUT2D eigenvalue weighted by molar-refractivity contribution is 4.83. The molecule has 0 rings (SSSR count). The van der Waals surface area contributed by atoms with Crippen LogP contribution in [0.3, 0.4) is 0 Å². The molecular weight excluding hydrogens is 160 g/mol. The molecule has 0 amide bonds. The monoisotopic (exact) mass is 182 g/mol. The van der Waals surface area contributed by atoms with Gasteiger partial charge in [0.1, 0.15) is 0 Å². The van der Waals surface area contributed by atoms with E-state index in [1.807, 2.05) is 0 Å². The molecule has 0 aliphatic heterocycles. The fourth-order valence-corrected chi connectivity index (χ4v) is 1.25. The first kappa shape index (κ1) is 12.5. The number of hydrogen-bond donors (Lipinski definition) is 1. The van der Waals surface area contributed by atoms with Gasteiger partial charge in [-0.2, -0.15) is 0 Å². The average molecular weight is 182 g/mol. The molecule has 13 heavy (non-hydrogen) atoms. The molecule has 0 aliphatic rings. The highest BCUT2D eigenvalue weighted by Gasteiger charge is 1.96. The lowest BCUT2D eigenvalue weighted by Crippen LogP contribution is -2.27. The van der Waals surface area contributed by atoms with Crippen LogP contribution in [-0.4, -0.2) is 37.6 Å². The zero-order valence-corrected chi connectivity index (χ0v) is 8.97. The van der Waals surface area contributed by atoms with Crippen LogP contribution >= 0.6 is 0 Å². The molecule has 2 heteroatoms. The van der Waals surface area contributed by atoms with Crippen LogP contribution in [0.25, 0.3) is 0 Å². The van der Waals surface area contributed by atoms with Gasteiger partial charge in [-0.05, 0) is 32.6 Å². The predicted octanol–water partition coefficient (Wildman–Crippen LogP) is 1.33. The summed E-state index contributed by atoms with van der Waals surface area (Å²) in [6, 6.07) is 0. The normalized spacial score (nSPS) is 10.3. The lowest BCUT2D eigenvalue weighted by molar-refractivity contribution is 0.298. The number of nitrogens with zero attached hydrogens (tertiary/aromatic N) is 1. The Balaban J connectivity index is 3.11. The molecule has 0 unspecified atom stereocenters. The van der Waals surface area contributed by atoms with Gasteiger partial charge in [-0.15, -0.1) is 12.3 Å². The summed E-state index contributed by atoms with van der Waals surface area (Å²) < 4.78 is 0. The Morgan fingerprint density at radius 1 is 1.23 bits per heavy atom. The fraction of sp³-hybridized carbons (Fsp3) is 0.818. The van der Waals surface area contributed by atoms with Gasteiger partial charge in [0, 0.05) is 13.0 Å². The van der Waals surface area contributed by atoms with Crippen molar-refractivity contribution in [2.45, 2.75) is 26.7 Å². The summed E-state index contributed by atoms with van der Waals surface area (Å²) in [6.07, 6.45) is 7.19. The SMILES string of the molecule is C#CCCNCCCN(CC)CC. The molecule has 0 aromatic heterocycles. The van der Waals surface area contributed by atoms with Gasteiger partial charge < -0.3 is 10.2 Å². The highest BCUT2D eigenvalue weighted by Crippen LogP contribution is 1.89. The fourth-order valence-electron chi connectivity index (χ4n) is 1.25. The summed E-state index contributed by atoms with van der Waals surface area (Å²) in [5.41, 5.74) is 0. The lowest BCUT2D eigenvalue weighted by Gasteiger charge is -2.17. The zero-order valence-electron chi connectivity index (χ0n) is 8.97. The number of nitrogens with one attached hydrogen (secondary N) is 1. The Morgan fingerprint density at radius 2 is 1.92 bits per heavy atom. The molecular formula is C11H22N2. The first-order chi connectivity index (χ1) is 6.35.